The summed E-state index contributed by atoms with van der Waals surface area (Å²) in [7, 11) is 1.62. The molecule has 1 amide bonds. The Morgan fingerprint density at radius 3 is 2.75 bits per heavy atom. The summed E-state index contributed by atoms with van der Waals surface area (Å²) in [5.74, 6) is 0.227. The van der Waals surface area contributed by atoms with E-state index in [4.69, 9.17) is 27.9 Å². The van der Waals surface area contributed by atoms with E-state index in [0.717, 1.165) is 11.1 Å². The fourth-order valence-corrected chi connectivity index (χ4v) is 2.98. The lowest BCUT2D eigenvalue weighted by atomic mass is 10.2. The molecule has 0 radical (unpaired) electrons. The van der Waals surface area contributed by atoms with Gasteiger partial charge in [-0.2, -0.15) is 0 Å². The number of hydrogen-bond acceptors (Lipinski definition) is 4. The summed E-state index contributed by atoms with van der Waals surface area (Å²) in [5.41, 5.74) is 2.40. The Morgan fingerprint density at radius 2 is 2.04 bits per heavy atom. The molecule has 0 atom stereocenters. The number of methoxy groups -OCH3 is 1. The van der Waals surface area contributed by atoms with Crippen LogP contribution >= 0.6 is 23.2 Å². The molecule has 3 aromatic rings. The van der Waals surface area contributed by atoms with Gasteiger partial charge in [-0.3, -0.25) is 4.79 Å². The molecule has 6 nitrogen and oxygen atoms in total. The molecule has 1 aromatic heterocycles. The van der Waals surface area contributed by atoms with E-state index in [0.29, 0.717) is 41.1 Å². The quantitative estimate of drug-likeness (QED) is 0.580. The molecule has 0 aliphatic rings. The largest absolute Gasteiger partial charge is 0.385 e. The van der Waals surface area contributed by atoms with E-state index in [2.05, 4.69) is 15.4 Å². The van der Waals surface area contributed by atoms with Crippen LogP contribution in [0, 0.1) is 6.92 Å². The smallest absolute Gasteiger partial charge is 0.290 e. The van der Waals surface area contributed by atoms with Crippen LogP contribution in [0.25, 0.3) is 17.1 Å². The highest BCUT2D eigenvalue weighted by molar-refractivity contribution is 6.31. The monoisotopic (exact) mass is 418 g/mol. The highest BCUT2D eigenvalue weighted by Gasteiger charge is 2.19. The van der Waals surface area contributed by atoms with Crippen molar-refractivity contribution < 1.29 is 9.53 Å². The van der Waals surface area contributed by atoms with Crippen molar-refractivity contribution >= 4 is 29.1 Å². The zero-order valence-electron chi connectivity index (χ0n) is 15.6. The predicted octanol–water partition coefficient (Wildman–Crippen LogP) is 4.32. The first-order valence-electron chi connectivity index (χ1n) is 8.76. The lowest BCUT2D eigenvalue weighted by Gasteiger charge is -2.08. The molecule has 2 aromatic carbocycles. The minimum atomic E-state index is -0.351. The van der Waals surface area contributed by atoms with Crippen LogP contribution in [0.5, 0.6) is 0 Å². The Kier molecular flexibility index (Phi) is 6.67. The van der Waals surface area contributed by atoms with Gasteiger partial charge in [-0.05, 0) is 43.2 Å². The average Bonchev–Trinajstić information content (AvgIpc) is 3.13. The summed E-state index contributed by atoms with van der Waals surface area (Å²) in [5, 5.41) is 8.39. The molecule has 1 heterocycles. The molecule has 3 rings (SSSR count). The summed E-state index contributed by atoms with van der Waals surface area (Å²) in [4.78, 5) is 16.9. The van der Waals surface area contributed by atoms with Crippen LogP contribution in [0.3, 0.4) is 0 Å². The number of nitrogens with zero attached hydrogens (tertiary/aromatic N) is 3. The Labute approximate surface area is 173 Å². The van der Waals surface area contributed by atoms with Crippen LogP contribution < -0.4 is 5.32 Å². The van der Waals surface area contributed by atoms with Crippen molar-refractivity contribution in [3.05, 3.63) is 63.9 Å². The van der Waals surface area contributed by atoms with Crippen molar-refractivity contribution in [2.45, 2.75) is 13.3 Å². The van der Waals surface area contributed by atoms with Crippen LogP contribution in [0.2, 0.25) is 10.0 Å². The van der Waals surface area contributed by atoms with Crippen LogP contribution in [0.15, 0.2) is 42.5 Å². The van der Waals surface area contributed by atoms with E-state index in [9.17, 15) is 4.79 Å². The highest BCUT2D eigenvalue weighted by atomic mass is 35.5. The molecule has 0 fully saturated rings. The molecule has 146 valence electrons. The summed E-state index contributed by atoms with van der Waals surface area (Å²) in [6, 6.07) is 12.8. The molecule has 28 heavy (non-hydrogen) atoms. The van der Waals surface area contributed by atoms with Crippen LogP contribution in [0.1, 0.15) is 22.6 Å². The molecular weight excluding hydrogens is 399 g/mol. The van der Waals surface area contributed by atoms with Crippen molar-refractivity contribution in [2.24, 2.45) is 0 Å². The Hall–Kier alpha value is -2.41. The minimum absolute atomic E-state index is 0.0732. The summed E-state index contributed by atoms with van der Waals surface area (Å²) in [6.07, 6.45) is 0.706. The maximum absolute atomic E-state index is 12.5. The van der Waals surface area contributed by atoms with E-state index in [1.807, 2.05) is 31.2 Å². The van der Waals surface area contributed by atoms with Crippen LogP contribution in [0.4, 0.5) is 0 Å². The van der Waals surface area contributed by atoms with Gasteiger partial charge in [0.25, 0.3) is 5.91 Å². The molecule has 0 spiro atoms. The van der Waals surface area contributed by atoms with Crippen molar-refractivity contribution in [1.82, 2.24) is 20.1 Å². The van der Waals surface area contributed by atoms with Gasteiger partial charge in [-0.15, -0.1) is 5.10 Å². The molecule has 0 aliphatic carbocycles. The predicted molar refractivity (Wildman–Crippen MR) is 110 cm³/mol. The number of aromatic nitrogens is 3. The van der Waals surface area contributed by atoms with E-state index >= 15 is 0 Å². The first kappa shape index (κ1) is 20.3. The number of nitrogens with one attached hydrogen (secondary N) is 1. The summed E-state index contributed by atoms with van der Waals surface area (Å²) in [6.45, 7) is 2.96. The van der Waals surface area contributed by atoms with Crippen molar-refractivity contribution in [2.75, 3.05) is 20.3 Å². The van der Waals surface area contributed by atoms with E-state index in [1.54, 1.807) is 30.0 Å². The number of hydrogen-bond donors (Lipinski definition) is 1. The fourth-order valence-electron chi connectivity index (χ4n) is 2.61. The third-order valence-corrected chi connectivity index (χ3v) is 4.75. The zero-order valence-corrected chi connectivity index (χ0v) is 17.1. The fraction of sp³-hybridized carbons (Fsp3) is 0.250. The van der Waals surface area contributed by atoms with E-state index < -0.39 is 0 Å². The minimum Gasteiger partial charge on any atom is -0.385 e. The van der Waals surface area contributed by atoms with Gasteiger partial charge < -0.3 is 10.1 Å². The third kappa shape index (κ3) is 4.70. The van der Waals surface area contributed by atoms with Gasteiger partial charge in [0.1, 0.15) is 0 Å². The van der Waals surface area contributed by atoms with Gasteiger partial charge in [0, 0.05) is 35.9 Å². The number of rotatable bonds is 7. The molecule has 1 N–H and O–H groups in total. The van der Waals surface area contributed by atoms with Crippen molar-refractivity contribution in [3.8, 4) is 17.1 Å². The maximum atomic E-state index is 12.5. The molecular formula is C20H20Cl2N4O2. The summed E-state index contributed by atoms with van der Waals surface area (Å²) >= 11 is 12.4. The van der Waals surface area contributed by atoms with E-state index in [1.165, 1.54) is 0 Å². The van der Waals surface area contributed by atoms with Gasteiger partial charge in [0.2, 0.25) is 5.82 Å². The number of amides is 1. The maximum Gasteiger partial charge on any atom is 0.290 e. The third-order valence-electron chi connectivity index (χ3n) is 4.10. The number of carbonyl (C=O) groups excluding carboxylic acids is 1. The first-order valence-corrected chi connectivity index (χ1v) is 9.52. The SMILES string of the molecule is COCCCNC(=O)c1nc(-c2cccc(Cl)c2)n(-c2ccc(C)c(Cl)c2)n1. The molecule has 0 saturated carbocycles. The lowest BCUT2D eigenvalue weighted by molar-refractivity contribution is 0.0938. The Balaban J connectivity index is 2.00. The number of halogens is 2. The average molecular weight is 419 g/mol. The number of ether oxygens (including phenoxy) is 1. The molecule has 0 aliphatic heterocycles. The second kappa shape index (κ2) is 9.19. The topological polar surface area (TPSA) is 69.0 Å². The number of benzene rings is 2. The van der Waals surface area contributed by atoms with Gasteiger partial charge in [0.05, 0.1) is 5.69 Å². The number of carbonyl (C=O) groups is 1. The Morgan fingerprint density at radius 1 is 1.21 bits per heavy atom. The molecule has 0 bridgehead atoms. The normalized spacial score (nSPS) is 10.9. The van der Waals surface area contributed by atoms with E-state index in [-0.39, 0.29) is 11.7 Å². The molecule has 0 saturated heterocycles. The first-order chi connectivity index (χ1) is 13.5. The van der Waals surface area contributed by atoms with Crippen LogP contribution in [-0.4, -0.2) is 40.9 Å². The zero-order chi connectivity index (χ0) is 20.1. The van der Waals surface area contributed by atoms with Gasteiger partial charge in [-0.1, -0.05) is 41.4 Å². The summed E-state index contributed by atoms with van der Waals surface area (Å²) < 4.78 is 6.59. The molecule has 0 unspecified atom stereocenters. The second-order valence-electron chi connectivity index (χ2n) is 6.22. The van der Waals surface area contributed by atoms with Crippen LogP contribution in [-0.2, 0) is 4.74 Å². The van der Waals surface area contributed by atoms with Gasteiger partial charge >= 0.3 is 0 Å². The standard InChI is InChI=1S/C20H20Cl2N4O2/c1-13-7-8-16(12-17(13)22)26-19(14-5-3-6-15(21)11-14)24-18(25-26)20(27)23-9-4-10-28-2/h3,5-8,11-12H,4,9-10H2,1-2H3,(H,23,27). The lowest BCUT2D eigenvalue weighted by Crippen LogP contribution is -2.26. The van der Waals surface area contributed by atoms with Gasteiger partial charge in [-0.25, -0.2) is 9.67 Å². The van der Waals surface area contributed by atoms with Crippen molar-refractivity contribution in [3.63, 3.8) is 0 Å². The Bertz CT molecular complexity index is 988. The molecule has 8 heteroatoms. The number of aryl methyl sites for hydroxylation is 1. The van der Waals surface area contributed by atoms with Gasteiger partial charge in [0.15, 0.2) is 5.82 Å². The second-order valence-corrected chi connectivity index (χ2v) is 7.06. The highest BCUT2D eigenvalue weighted by Crippen LogP contribution is 2.26. The van der Waals surface area contributed by atoms with Crippen molar-refractivity contribution in [1.29, 1.82) is 0 Å².